The molecule has 0 atom stereocenters. The number of nitrogens with one attached hydrogen (secondary N) is 1. The smallest absolute Gasteiger partial charge is 0.266 e. The predicted molar refractivity (Wildman–Crippen MR) is 114 cm³/mol. The summed E-state index contributed by atoms with van der Waals surface area (Å²) in [5, 5.41) is 22.4. The average molecular weight is 423 g/mol. The Morgan fingerprint density at radius 3 is 2.47 bits per heavy atom. The van der Waals surface area contributed by atoms with E-state index in [-0.39, 0.29) is 5.57 Å². The number of nitrogens with zero attached hydrogens (tertiary/aromatic N) is 2. The molecule has 1 N–H and O–H groups in total. The summed E-state index contributed by atoms with van der Waals surface area (Å²) in [6.45, 7) is 0. The van der Waals surface area contributed by atoms with E-state index in [9.17, 15) is 15.3 Å². The lowest BCUT2D eigenvalue weighted by Gasteiger charge is -2.14. The number of nitriles is 2. The zero-order valence-corrected chi connectivity index (χ0v) is 17.8. The van der Waals surface area contributed by atoms with Crippen molar-refractivity contribution in [3.05, 3.63) is 39.3 Å². The molecule has 8 heteroatoms. The summed E-state index contributed by atoms with van der Waals surface area (Å²) in [7, 11) is 4.46. The molecule has 0 unspecified atom stereocenters. The number of fused-ring (bicyclic) bond motifs is 1. The molecule has 1 aromatic carbocycles. The van der Waals surface area contributed by atoms with Crippen LogP contribution in [-0.4, -0.2) is 27.2 Å². The number of ether oxygens (including phenoxy) is 3. The summed E-state index contributed by atoms with van der Waals surface area (Å²) in [6, 6.07) is 7.48. The van der Waals surface area contributed by atoms with Gasteiger partial charge in [0.05, 0.1) is 26.9 Å². The highest BCUT2D eigenvalue weighted by molar-refractivity contribution is 7.16. The summed E-state index contributed by atoms with van der Waals surface area (Å²) in [6.07, 6.45) is 5.29. The lowest BCUT2D eigenvalue weighted by atomic mass is 9.96. The first-order valence-electron chi connectivity index (χ1n) is 9.34. The van der Waals surface area contributed by atoms with Crippen LogP contribution < -0.4 is 19.5 Å². The summed E-state index contributed by atoms with van der Waals surface area (Å²) in [5.74, 6) is 0.604. The van der Waals surface area contributed by atoms with Gasteiger partial charge in [-0.1, -0.05) is 0 Å². The Morgan fingerprint density at radius 1 is 1.10 bits per heavy atom. The van der Waals surface area contributed by atoms with Gasteiger partial charge in [0, 0.05) is 10.4 Å². The largest absolute Gasteiger partial charge is 0.493 e. The van der Waals surface area contributed by atoms with E-state index in [4.69, 9.17) is 14.2 Å². The number of benzene rings is 1. The maximum atomic E-state index is 12.8. The minimum Gasteiger partial charge on any atom is -0.493 e. The molecule has 0 fully saturated rings. The van der Waals surface area contributed by atoms with Crippen LogP contribution in [0, 0.1) is 22.7 Å². The van der Waals surface area contributed by atoms with Crippen molar-refractivity contribution in [1.82, 2.24) is 0 Å². The number of aryl methyl sites for hydroxylation is 1. The van der Waals surface area contributed by atoms with Crippen molar-refractivity contribution in [1.29, 1.82) is 10.5 Å². The molecular weight excluding hydrogens is 402 g/mol. The van der Waals surface area contributed by atoms with Crippen LogP contribution in [0.15, 0.2) is 17.7 Å². The molecule has 7 nitrogen and oxygen atoms in total. The molecule has 0 radical (unpaired) electrons. The molecule has 1 aliphatic carbocycles. The van der Waals surface area contributed by atoms with Crippen LogP contribution >= 0.6 is 11.3 Å². The fourth-order valence-corrected chi connectivity index (χ4v) is 4.72. The van der Waals surface area contributed by atoms with Gasteiger partial charge in [-0.3, -0.25) is 4.79 Å². The maximum Gasteiger partial charge on any atom is 0.266 e. The lowest BCUT2D eigenvalue weighted by molar-refractivity contribution is -0.112. The Labute approximate surface area is 179 Å². The van der Waals surface area contributed by atoms with E-state index >= 15 is 0 Å². The molecule has 1 aromatic heterocycles. The van der Waals surface area contributed by atoms with E-state index in [0.717, 1.165) is 36.1 Å². The number of carbonyl (C=O) groups excluding carboxylic acids is 1. The van der Waals surface area contributed by atoms with Gasteiger partial charge < -0.3 is 19.5 Å². The summed E-state index contributed by atoms with van der Waals surface area (Å²) in [4.78, 5) is 13.9. The molecule has 0 spiro atoms. The first-order valence-corrected chi connectivity index (χ1v) is 10.2. The molecule has 0 saturated heterocycles. The van der Waals surface area contributed by atoms with Gasteiger partial charge in [-0.15, -0.1) is 11.3 Å². The van der Waals surface area contributed by atoms with Crippen molar-refractivity contribution < 1.29 is 19.0 Å². The molecule has 2 aromatic rings. The predicted octanol–water partition coefficient (Wildman–Crippen LogP) is 4.07. The number of hydrogen-bond donors (Lipinski definition) is 1. The molecule has 1 amide bonds. The highest BCUT2D eigenvalue weighted by atomic mass is 32.1. The van der Waals surface area contributed by atoms with Crippen molar-refractivity contribution >= 4 is 28.3 Å². The molecule has 0 aliphatic heterocycles. The van der Waals surface area contributed by atoms with Gasteiger partial charge in [0.1, 0.15) is 22.7 Å². The van der Waals surface area contributed by atoms with Crippen LogP contribution in [0.2, 0.25) is 0 Å². The molecular formula is C22H21N3O4S. The third-order valence-electron chi connectivity index (χ3n) is 4.91. The van der Waals surface area contributed by atoms with E-state index in [1.165, 1.54) is 38.7 Å². The highest BCUT2D eigenvalue weighted by Gasteiger charge is 2.23. The Hall–Kier alpha value is -3.49. The fraction of sp³-hybridized carbons (Fsp3) is 0.318. The summed E-state index contributed by atoms with van der Waals surface area (Å²) < 4.78 is 16.0. The topological polar surface area (TPSA) is 104 Å². The van der Waals surface area contributed by atoms with Gasteiger partial charge >= 0.3 is 0 Å². The van der Waals surface area contributed by atoms with Crippen LogP contribution in [0.1, 0.15) is 34.4 Å². The summed E-state index contributed by atoms with van der Waals surface area (Å²) >= 11 is 1.42. The first kappa shape index (κ1) is 21.2. The minimum absolute atomic E-state index is 0.115. The number of hydrogen-bond acceptors (Lipinski definition) is 7. The normalized spacial score (nSPS) is 12.9. The van der Waals surface area contributed by atoms with E-state index in [0.29, 0.717) is 33.4 Å². The Kier molecular flexibility index (Phi) is 6.61. The molecule has 1 heterocycles. The van der Waals surface area contributed by atoms with E-state index in [1.807, 2.05) is 6.07 Å². The van der Waals surface area contributed by atoms with Gasteiger partial charge in [0.2, 0.25) is 5.75 Å². The van der Waals surface area contributed by atoms with Gasteiger partial charge in [0.15, 0.2) is 11.5 Å². The van der Waals surface area contributed by atoms with Crippen LogP contribution in [0.3, 0.4) is 0 Å². The molecule has 30 heavy (non-hydrogen) atoms. The standard InChI is InChI=1S/C22H21N3O4S/c1-27-17-9-8-13(19(28-2)20(17)29-3)10-14(11-23)21(26)25-22-16(12-24)15-6-4-5-7-18(15)30-22/h8-10H,4-7H2,1-3H3,(H,25,26)/b14-10+. The SMILES string of the molecule is COc1ccc(/C=C(\C#N)C(=O)Nc2sc3c(c2C#N)CCCC3)c(OC)c1OC. The third-order valence-corrected chi connectivity index (χ3v) is 6.12. The van der Waals surface area contributed by atoms with E-state index in [1.54, 1.807) is 12.1 Å². The van der Waals surface area contributed by atoms with Crippen LogP contribution in [0.5, 0.6) is 17.2 Å². The van der Waals surface area contributed by atoms with Crippen molar-refractivity contribution in [2.24, 2.45) is 0 Å². The quantitative estimate of drug-likeness (QED) is 0.555. The lowest BCUT2D eigenvalue weighted by Crippen LogP contribution is -2.13. The van der Waals surface area contributed by atoms with Crippen LogP contribution in [0.4, 0.5) is 5.00 Å². The van der Waals surface area contributed by atoms with Gasteiger partial charge in [-0.05, 0) is 49.5 Å². The number of anilines is 1. The van der Waals surface area contributed by atoms with Crippen molar-refractivity contribution in [2.45, 2.75) is 25.7 Å². The van der Waals surface area contributed by atoms with Gasteiger partial charge in [-0.2, -0.15) is 10.5 Å². The Morgan fingerprint density at radius 2 is 1.83 bits per heavy atom. The van der Waals surface area contributed by atoms with Crippen molar-refractivity contribution in [3.63, 3.8) is 0 Å². The zero-order chi connectivity index (χ0) is 21.7. The highest BCUT2D eigenvalue weighted by Crippen LogP contribution is 2.41. The van der Waals surface area contributed by atoms with Crippen molar-refractivity contribution in [2.75, 3.05) is 26.6 Å². The van der Waals surface area contributed by atoms with Crippen molar-refractivity contribution in [3.8, 4) is 29.4 Å². The van der Waals surface area contributed by atoms with Gasteiger partial charge in [-0.25, -0.2) is 0 Å². The molecule has 0 saturated carbocycles. The second kappa shape index (κ2) is 9.34. The molecule has 1 aliphatic rings. The van der Waals surface area contributed by atoms with Crippen LogP contribution in [-0.2, 0) is 17.6 Å². The second-order valence-electron chi connectivity index (χ2n) is 6.57. The first-order chi connectivity index (χ1) is 14.6. The van der Waals surface area contributed by atoms with E-state index < -0.39 is 5.91 Å². The van der Waals surface area contributed by atoms with Crippen LogP contribution in [0.25, 0.3) is 6.08 Å². The van der Waals surface area contributed by atoms with Gasteiger partial charge in [0.25, 0.3) is 5.91 Å². The second-order valence-corrected chi connectivity index (χ2v) is 7.68. The zero-order valence-electron chi connectivity index (χ0n) is 17.0. The monoisotopic (exact) mass is 423 g/mol. The fourth-order valence-electron chi connectivity index (χ4n) is 3.48. The van der Waals surface area contributed by atoms with E-state index in [2.05, 4.69) is 11.4 Å². The number of rotatable bonds is 6. The third kappa shape index (κ3) is 3.96. The average Bonchev–Trinajstić information content (AvgIpc) is 3.13. The molecule has 154 valence electrons. The Bertz CT molecular complexity index is 1090. The number of methoxy groups -OCH3 is 3. The molecule has 3 rings (SSSR count). The Balaban J connectivity index is 1.95. The number of thiophene rings is 1. The number of amides is 1. The number of carbonyl (C=O) groups is 1. The maximum absolute atomic E-state index is 12.8. The summed E-state index contributed by atoms with van der Waals surface area (Å²) in [5.41, 5.74) is 1.90. The minimum atomic E-state index is -0.579. The molecule has 0 bridgehead atoms.